The molecule has 13 nitrogen and oxygen atoms in total. The molecule has 3 N–H and O–H groups in total. The monoisotopic (exact) mass is 714 g/mol. The lowest BCUT2D eigenvalue weighted by Gasteiger charge is -2.37. The van der Waals surface area contributed by atoms with Gasteiger partial charge in [0.05, 0.1) is 29.6 Å². The van der Waals surface area contributed by atoms with Crippen molar-refractivity contribution in [3.63, 3.8) is 0 Å². The number of aliphatic carboxylic acids is 1. The van der Waals surface area contributed by atoms with Crippen LogP contribution in [0.5, 0.6) is 5.75 Å². The van der Waals surface area contributed by atoms with Gasteiger partial charge in [-0.25, -0.2) is 14.0 Å². The number of hydrogen-bond acceptors (Lipinski definition) is 9. The second-order valence-electron chi connectivity index (χ2n) is 12.0. The molecule has 3 aromatic carbocycles. The van der Waals surface area contributed by atoms with Crippen LogP contribution in [-0.2, 0) is 30.6 Å². The Morgan fingerprint density at radius 3 is 2.35 bits per heavy atom. The largest absolute Gasteiger partial charge is 0.482 e. The van der Waals surface area contributed by atoms with Crippen LogP contribution in [0.1, 0.15) is 34.0 Å². The van der Waals surface area contributed by atoms with Crippen LogP contribution in [0, 0.1) is 22.9 Å². The number of carboxylic acid groups (broad SMARTS) is 1. The number of para-hydroxylation sites is 1. The first kappa shape index (κ1) is 36.7. The Kier molecular flexibility index (Phi) is 10.9. The number of alkyl halides is 3. The van der Waals surface area contributed by atoms with Crippen LogP contribution in [0.25, 0.3) is 0 Å². The molecule has 0 unspecified atom stereocenters. The van der Waals surface area contributed by atoms with Crippen LogP contribution in [0.3, 0.4) is 0 Å². The Balaban J connectivity index is 1.53. The van der Waals surface area contributed by atoms with Crippen molar-refractivity contribution in [1.29, 1.82) is 0 Å². The van der Waals surface area contributed by atoms with Crippen LogP contribution in [0.2, 0.25) is 0 Å². The van der Waals surface area contributed by atoms with Crippen LogP contribution in [-0.4, -0.2) is 62.8 Å². The van der Waals surface area contributed by atoms with Crippen LogP contribution < -0.4 is 26.6 Å². The third-order valence-corrected chi connectivity index (χ3v) is 8.66. The molecule has 0 bridgehead atoms. The third-order valence-electron chi connectivity index (χ3n) is 8.66. The molecule has 0 saturated carbocycles. The van der Waals surface area contributed by atoms with Crippen molar-refractivity contribution >= 4 is 17.3 Å². The van der Waals surface area contributed by atoms with E-state index in [0.29, 0.717) is 31.3 Å². The van der Waals surface area contributed by atoms with E-state index in [1.807, 2.05) is 4.90 Å². The van der Waals surface area contributed by atoms with Crippen molar-refractivity contribution in [3.8, 4) is 5.75 Å². The first-order valence-corrected chi connectivity index (χ1v) is 15.7. The average Bonchev–Trinajstić information content (AvgIpc) is 3.08. The molecule has 0 spiro atoms. The summed E-state index contributed by atoms with van der Waals surface area (Å²) >= 11 is 0. The van der Waals surface area contributed by atoms with Gasteiger partial charge in [-0.15, -0.1) is 0 Å². The summed E-state index contributed by atoms with van der Waals surface area (Å²) in [5.74, 6) is -2.35. The molecule has 1 aliphatic rings. The fourth-order valence-corrected chi connectivity index (χ4v) is 6.15. The summed E-state index contributed by atoms with van der Waals surface area (Å²) in [6, 6.07) is 13.7. The smallest absolute Gasteiger partial charge is 0.416 e. The van der Waals surface area contributed by atoms with E-state index in [1.165, 1.54) is 31.2 Å². The molecule has 1 aromatic heterocycles. The van der Waals surface area contributed by atoms with Crippen molar-refractivity contribution < 1.29 is 37.1 Å². The van der Waals surface area contributed by atoms with Crippen molar-refractivity contribution in [2.24, 2.45) is 5.73 Å². The first-order chi connectivity index (χ1) is 24.1. The molecule has 5 rings (SSSR count). The van der Waals surface area contributed by atoms with Crippen molar-refractivity contribution in [2.45, 2.75) is 38.8 Å². The maximum absolute atomic E-state index is 15.0. The normalized spacial score (nSPS) is 14.4. The van der Waals surface area contributed by atoms with Crippen molar-refractivity contribution in [1.82, 2.24) is 14.0 Å². The van der Waals surface area contributed by atoms with Gasteiger partial charge in [-0.3, -0.25) is 28.9 Å². The fourth-order valence-electron chi connectivity index (χ4n) is 6.15. The maximum atomic E-state index is 15.0. The molecule has 0 aliphatic carbocycles. The predicted molar refractivity (Wildman–Crippen MR) is 177 cm³/mol. The zero-order chi connectivity index (χ0) is 37.0. The molecular formula is C34H34F4N6O7. The minimum absolute atomic E-state index is 0.0112. The minimum Gasteiger partial charge on any atom is -0.482 e. The molecule has 0 amide bonds. The average molecular weight is 715 g/mol. The summed E-state index contributed by atoms with van der Waals surface area (Å²) in [5, 5.41) is 20.3. The second-order valence-corrected chi connectivity index (χ2v) is 12.0. The number of benzene rings is 3. The van der Waals surface area contributed by atoms with Gasteiger partial charge in [0.25, 0.3) is 11.2 Å². The van der Waals surface area contributed by atoms with E-state index in [1.54, 1.807) is 29.2 Å². The molecule has 270 valence electrons. The maximum Gasteiger partial charge on any atom is 0.416 e. The summed E-state index contributed by atoms with van der Waals surface area (Å²) in [6.07, 6.45) is -4.94. The summed E-state index contributed by atoms with van der Waals surface area (Å²) < 4.78 is 64.1. The zero-order valence-corrected chi connectivity index (χ0v) is 27.3. The number of rotatable bonds is 12. The number of halogens is 4. The minimum atomic E-state index is -4.94. The number of piperazine rings is 1. The number of hydrogen-bond donors (Lipinski definition) is 2. The molecule has 17 heteroatoms. The van der Waals surface area contributed by atoms with Gasteiger partial charge in [-0.2, -0.15) is 13.2 Å². The molecule has 1 aliphatic heterocycles. The van der Waals surface area contributed by atoms with Gasteiger partial charge in [-0.05, 0) is 30.7 Å². The van der Waals surface area contributed by atoms with Gasteiger partial charge in [0.15, 0.2) is 6.61 Å². The lowest BCUT2D eigenvalue weighted by Crippen LogP contribution is -2.51. The van der Waals surface area contributed by atoms with Crippen molar-refractivity contribution in [2.75, 3.05) is 37.7 Å². The predicted octanol–water partition coefficient (Wildman–Crippen LogP) is 3.92. The standard InChI is InChI=1S/C34H34F4N6O7/c1-21-31(41-14-12-40(13-15-41)17-22-6-4-7-23(16-22)44(49)50)32(47)43(19-28(39)24-8-2-3-11-29(24)51-20-30(45)46)33(48)42(21)18-25-26(34(36,37)38)9-5-10-27(25)35/h2-11,16,28H,12-15,17-20,39H2,1H3,(H,45,46)/t28-/m0/s1. The van der Waals surface area contributed by atoms with Crippen LogP contribution >= 0.6 is 0 Å². The first-order valence-electron chi connectivity index (χ1n) is 15.7. The summed E-state index contributed by atoms with van der Waals surface area (Å²) in [6.45, 7) is 1.03. The Bertz CT molecular complexity index is 2060. The van der Waals surface area contributed by atoms with Gasteiger partial charge in [0, 0.05) is 61.7 Å². The molecule has 51 heavy (non-hydrogen) atoms. The van der Waals surface area contributed by atoms with E-state index in [4.69, 9.17) is 15.6 Å². The molecule has 4 aromatic rings. The van der Waals surface area contributed by atoms with Gasteiger partial charge in [0.1, 0.15) is 17.3 Å². The molecule has 2 heterocycles. The SMILES string of the molecule is Cc1c(N2CCN(Cc3cccc([N+](=O)[O-])c3)CC2)c(=O)n(C[C@H](N)c2ccccc2OCC(=O)O)c(=O)n1Cc1c(F)cccc1C(F)(F)F. The van der Waals surface area contributed by atoms with E-state index in [-0.39, 0.29) is 41.5 Å². The number of nitro groups is 1. The summed E-state index contributed by atoms with van der Waals surface area (Å²) in [5.41, 5.74) is 3.55. The molecule has 0 radical (unpaired) electrons. The number of nitrogens with zero attached hydrogens (tertiary/aromatic N) is 5. The summed E-state index contributed by atoms with van der Waals surface area (Å²) in [7, 11) is 0. The quantitative estimate of drug-likeness (QED) is 0.125. The topological polar surface area (TPSA) is 166 Å². The van der Waals surface area contributed by atoms with Gasteiger partial charge >= 0.3 is 17.8 Å². The molecule has 1 saturated heterocycles. The molecular weight excluding hydrogens is 680 g/mol. The van der Waals surface area contributed by atoms with E-state index in [2.05, 4.69) is 0 Å². The number of carbonyl (C=O) groups is 1. The highest BCUT2D eigenvalue weighted by Crippen LogP contribution is 2.34. The Hall–Kier alpha value is -5.55. The number of anilines is 1. The van der Waals surface area contributed by atoms with Gasteiger partial charge in [-0.1, -0.05) is 36.4 Å². The zero-order valence-electron chi connectivity index (χ0n) is 27.3. The van der Waals surface area contributed by atoms with Crippen molar-refractivity contribution in [3.05, 3.63) is 131 Å². The van der Waals surface area contributed by atoms with Gasteiger partial charge < -0.3 is 20.5 Å². The Morgan fingerprint density at radius 2 is 1.69 bits per heavy atom. The molecule has 1 fully saturated rings. The van der Waals surface area contributed by atoms with E-state index >= 15 is 4.39 Å². The Morgan fingerprint density at radius 1 is 1.00 bits per heavy atom. The van der Waals surface area contributed by atoms with Gasteiger partial charge in [0.2, 0.25) is 0 Å². The highest BCUT2D eigenvalue weighted by Gasteiger charge is 2.35. The lowest BCUT2D eigenvalue weighted by molar-refractivity contribution is -0.384. The number of aromatic nitrogens is 2. The Labute approximate surface area is 287 Å². The van der Waals surface area contributed by atoms with E-state index in [0.717, 1.165) is 21.3 Å². The highest BCUT2D eigenvalue weighted by molar-refractivity contribution is 5.68. The van der Waals surface area contributed by atoms with E-state index < -0.39 is 71.0 Å². The number of nitro benzene ring substituents is 1. The van der Waals surface area contributed by atoms with Crippen LogP contribution in [0.15, 0.2) is 76.3 Å². The fraction of sp³-hybridized carbons (Fsp3) is 0.324. The van der Waals surface area contributed by atoms with Crippen LogP contribution in [0.4, 0.5) is 28.9 Å². The van der Waals surface area contributed by atoms with E-state index in [9.17, 15) is 37.7 Å². The number of ether oxygens (including phenoxy) is 1. The highest BCUT2D eigenvalue weighted by atomic mass is 19.4. The third kappa shape index (κ3) is 8.26. The molecule has 1 atom stereocenters. The number of carboxylic acids is 1. The lowest BCUT2D eigenvalue weighted by atomic mass is 10.1. The number of non-ortho nitro benzene ring substituents is 1. The second kappa shape index (κ2) is 15.1. The number of nitrogens with two attached hydrogens (primary N) is 1. The summed E-state index contributed by atoms with van der Waals surface area (Å²) in [4.78, 5) is 53.7.